The highest BCUT2D eigenvalue weighted by Crippen LogP contribution is 2.36. The fraction of sp³-hybridized carbons (Fsp3) is 0.455. The van der Waals surface area contributed by atoms with Gasteiger partial charge in [0.1, 0.15) is 5.00 Å². The number of alkyl halides is 2. The number of ketones is 1. The molecule has 0 aromatic carbocycles. The summed E-state index contributed by atoms with van der Waals surface area (Å²) in [6, 6.07) is 0. The molecule has 0 saturated carbocycles. The van der Waals surface area contributed by atoms with Crippen molar-refractivity contribution in [2.75, 3.05) is 24.6 Å². The van der Waals surface area contributed by atoms with Crippen molar-refractivity contribution in [1.29, 1.82) is 0 Å². The molecule has 106 valence electrons. The number of nitrogens with two attached hydrogens (primary N) is 1. The zero-order chi connectivity index (χ0) is 14.6. The minimum Gasteiger partial charge on any atom is -0.397 e. The van der Waals surface area contributed by atoms with Crippen LogP contribution in [0.5, 0.6) is 0 Å². The van der Waals surface area contributed by atoms with Gasteiger partial charge in [-0.05, 0) is 0 Å². The topological polar surface area (TPSA) is 84.2 Å². The summed E-state index contributed by atoms with van der Waals surface area (Å²) in [5.41, 5.74) is 5.85. The molecule has 0 saturated heterocycles. The molecule has 1 heterocycles. The number of amides is 1. The Morgan fingerprint density at radius 1 is 1.42 bits per heavy atom. The van der Waals surface area contributed by atoms with E-state index in [4.69, 9.17) is 5.73 Å². The van der Waals surface area contributed by atoms with Crippen LogP contribution in [0.3, 0.4) is 0 Å². The molecule has 4 N–H and O–H groups in total. The number of hydrogen-bond acceptors (Lipinski definition) is 5. The van der Waals surface area contributed by atoms with E-state index in [9.17, 15) is 18.4 Å². The smallest absolute Gasteiger partial charge is 0.256 e. The third kappa shape index (κ3) is 3.40. The Balaban J connectivity index is 3.19. The second kappa shape index (κ2) is 6.46. The summed E-state index contributed by atoms with van der Waals surface area (Å²) < 4.78 is 24.4. The Labute approximate surface area is 113 Å². The summed E-state index contributed by atoms with van der Waals surface area (Å²) >= 11 is 0.925. The molecule has 8 heteroatoms. The SMILES string of the molecule is CCC(=O)c1sc(NCC(F)F)c(C(=O)NC)c1N. The fourth-order valence-corrected chi connectivity index (χ4v) is 2.59. The van der Waals surface area contributed by atoms with Crippen LogP contribution in [0.25, 0.3) is 0 Å². The highest BCUT2D eigenvalue weighted by molar-refractivity contribution is 7.19. The maximum Gasteiger partial charge on any atom is 0.256 e. The Kier molecular flexibility index (Phi) is 5.22. The Bertz CT molecular complexity index is 489. The number of thiophene rings is 1. The minimum absolute atomic E-state index is 0.0352. The normalized spacial score (nSPS) is 10.6. The van der Waals surface area contributed by atoms with E-state index in [0.29, 0.717) is 0 Å². The molecule has 0 aliphatic rings. The van der Waals surface area contributed by atoms with Gasteiger partial charge < -0.3 is 16.4 Å². The summed E-state index contributed by atoms with van der Waals surface area (Å²) in [7, 11) is 1.40. The van der Waals surface area contributed by atoms with E-state index in [2.05, 4.69) is 10.6 Å². The number of Topliss-reactive ketones (excluding diaryl/α,β-unsaturated/α-hetero) is 1. The van der Waals surface area contributed by atoms with E-state index >= 15 is 0 Å². The van der Waals surface area contributed by atoms with Crippen molar-refractivity contribution >= 4 is 33.7 Å². The highest BCUT2D eigenvalue weighted by Gasteiger charge is 2.24. The maximum atomic E-state index is 12.2. The largest absolute Gasteiger partial charge is 0.397 e. The van der Waals surface area contributed by atoms with Crippen molar-refractivity contribution in [3.63, 3.8) is 0 Å². The van der Waals surface area contributed by atoms with Gasteiger partial charge in [0.25, 0.3) is 12.3 Å². The van der Waals surface area contributed by atoms with Crippen molar-refractivity contribution in [2.24, 2.45) is 0 Å². The molecule has 0 atom stereocenters. The van der Waals surface area contributed by atoms with E-state index in [1.165, 1.54) is 7.05 Å². The highest BCUT2D eigenvalue weighted by atomic mass is 32.1. The van der Waals surface area contributed by atoms with Crippen LogP contribution in [-0.2, 0) is 0 Å². The first-order valence-corrected chi connectivity index (χ1v) is 6.43. The van der Waals surface area contributed by atoms with Crippen molar-refractivity contribution < 1.29 is 18.4 Å². The van der Waals surface area contributed by atoms with E-state index in [1.807, 2.05) is 0 Å². The molecule has 0 radical (unpaired) electrons. The summed E-state index contributed by atoms with van der Waals surface area (Å²) in [5, 5.41) is 5.00. The lowest BCUT2D eigenvalue weighted by atomic mass is 10.1. The molecule has 0 aliphatic heterocycles. The van der Waals surface area contributed by atoms with Crippen LogP contribution < -0.4 is 16.4 Å². The lowest BCUT2D eigenvalue weighted by Crippen LogP contribution is -2.21. The second-order valence-corrected chi connectivity index (χ2v) is 4.70. The number of anilines is 2. The number of nitrogen functional groups attached to an aromatic ring is 1. The van der Waals surface area contributed by atoms with Crippen LogP contribution in [0.2, 0.25) is 0 Å². The number of halogens is 2. The number of hydrogen-bond donors (Lipinski definition) is 3. The van der Waals surface area contributed by atoms with Gasteiger partial charge in [0.05, 0.1) is 22.7 Å². The number of nitrogens with one attached hydrogen (secondary N) is 2. The first kappa shape index (κ1) is 15.4. The number of rotatable bonds is 6. The molecule has 19 heavy (non-hydrogen) atoms. The second-order valence-electron chi connectivity index (χ2n) is 3.68. The average molecular weight is 291 g/mol. The van der Waals surface area contributed by atoms with Crippen LogP contribution in [0.1, 0.15) is 33.4 Å². The van der Waals surface area contributed by atoms with E-state index in [-0.39, 0.29) is 33.3 Å². The Hall–Kier alpha value is -1.70. The van der Waals surface area contributed by atoms with Gasteiger partial charge in [0.2, 0.25) is 0 Å². The first-order chi connectivity index (χ1) is 8.92. The van der Waals surface area contributed by atoms with Crippen molar-refractivity contribution in [3.05, 3.63) is 10.4 Å². The average Bonchev–Trinajstić information content (AvgIpc) is 2.71. The van der Waals surface area contributed by atoms with Gasteiger partial charge in [-0.2, -0.15) is 0 Å². The van der Waals surface area contributed by atoms with Crippen LogP contribution in [-0.4, -0.2) is 31.7 Å². The fourth-order valence-electron chi connectivity index (χ4n) is 1.46. The molecule has 5 nitrogen and oxygen atoms in total. The predicted octanol–water partition coefficient (Wildman–Crippen LogP) is 1.96. The summed E-state index contributed by atoms with van der Waals surface area (Å²) in [4.78, 5) is 23.6. The van der Waals surface area contributed by atoms with E-state index in [0.717, 1.165) is 11.3 Å². The van der Waals surface area contributed by atoms with E-state index in [1.54, 1.807) is 6.92 Å². The Morgan fingerprint density at radius 2 is 2.05 bits per heavy atom. The van der Waals surface area contributed by atoms with Crippen LogP contribution in [0.15, 0.2) is 0 Å². The van der Waals surface area contributed by atoms with Gasteiger partial charge in [0, 0.05) is 13.5 Å². The minimum atomic E-state index is -2.56. The van der Waals surface area contributed by atoms with Gasteiger partial charge in [-0.15, -0.1) is 11.3 Å². The van der Waals surface area contributed by atoms with Gasteiger partial charge >= 0.3 is 0 Å². The number of carbonyl (C=O) groups is 2. The summed E-state index contributed by atoms with van der Waals surface area (Å²) in [5.74, 6) is -0.738. The van der Waals surface area contributed by atoms with Gasteiger partial charge in [-0.1, -0.05) is 6.92 Å². The lowest BCUT2D eigenvalue weighted by Gasteiger charge is -2.06. The molecule has 1 amide bonds. The molecule has 1 aromatic heterocycles. The van der Waals surface area contributed by atoms with E-state index < -0.39 is 18.9 Å². The van der Waals surface area contributed by atoms with Crippen molar-refractivity contribution in [3.8, 4) is 0 Å². The molecule has 1 rings (SSSR count). The third-order valence-corrected chi connectivity index (χ3v) is 3.59. The molecule has 0 fully saturated rings. The van der Waals surface area contributed by atoms with Gasteiger partial charge in [0.15, 0.2) is 5.78 Å². The molecule has 0 unspecified atom stereocenters. The third-order valence-electron chi connectivity index (χ3n) is 2.39. The quantitative estimate of drug-likeness (QED) is 0.700. The number of carbonyl (C=O) groups excluding carboxylic acids is 2. The van der Waals surface area contributed by atoms with Crippen molar-refractivity contribution in [1.82, 2.24) is 5.32 Å². The zero-order valence-electron chi connectivity index (χ0n) is 10.5. The maximum absolute atomic E-state index is 12.2. The lowest BCUT2D eigenvalue weighted by molar-refractivity contribution is 0.0964. The van der Waals surface area contributed by atoms with Crippen molar-refractivity contribution in [2.45, 2.75) is 19.8 Å². The van der Waals surface area contributed by atoms with Crippen LogP contribution in [0, 0.1) is 0 Å². The monoisotopic (exact) mass is 291 g/mol. The molecule has 1 aromatic rings. The molecular formula is C11H15F2N3O2S. The molecule has 0 aliphatic carbocycles. The zero-order valence-corrected chi connectivity index (χ0v) is 11.4. The van der Waals surface area contributed by atoms with Gasteiger partial charge in [-0.3, -0.25) is 9.59 Å². The van der Waals surface area contributed by atoms with Crippen LogP contribution >= 0.6 is 11.3 Å². The molecular weight excluding hydrogens is 276 g/mol. The first-order valence-electron chi connectivity index (χ1n) is 5.61. The standard InChI is InChI=1S/C11H15F2N3O2S/c1-3-5(17)9-8(14)7(10(18)15-2)11(19-9)16-4-6(12)13/h6,16H,3-4,14H2,1-2H3,(H,15,18). The molecule has 0 spiro atoms. The van der Waals surface area contributed by atoms with Crippen LogP contribution in [0.4, 0.5) is 19.5 Å². The predicted molar refractivity (Wildman–Crippen MR) is 71.2 cm³/mol. The van der Waals surface area contributed by atoms with Gasteiger partial charge in [-0.25, -0.2) is 8.78 Å². The summed E-state index contributed by atoms with van der Waals surface area (Å²) in [6.07, 6.45) is -2.34. The Morgan fingerprint density at radius 3 is 2.53 bits per heavy atom. The molecule has 0 bridgehead atoms. The summed E-state index contributed by atoms with van der Waals surface area (Å²) in [6.45, 7) is 1.05.